The summed E-state index contributed by atoms with van der Waals surface area (Å²) >= 11 is 0. The fourth-order valence-electron chi connectivity index (χ4n) is 2.37. The van der Waals surface area contributed by atoms with E-state index < -0.39 is 0 Å². The molecule has 0 fully saturated rings. The molecular formula is C16H27NO2. The molecular weight excluding hydrogens is 238 g/mol. The van der Waals surface area contributed by atoms with Gasteiger partial charge < -0.3 is 14.8 Å². The number of hydrogen-bond acceptors (Lipinski definition) is 3. The first-order chi connectivity index (χ1) is 9.11. The van der Waals surface area contributed by atoms with Crippen molar-refractivity contribution in [1.82, 2.24) is 5.32 Å². The molecule has 2 unspecified atom stereocenters. The van der Waals surface area contributed by atoms with E-state index in [0.717, 1.165) is 25.1 Å². The van der Waals surface area contributed by atoms with E-state index in [4.69, 9.17) is 9.47 Å². The molecule has 1 rings (SSSR count). The second kappa shape index (κ2) is 7.51. The Hall–Kier alpha value is -1.06. The number of hydrogen-bond donors (Lipinski definition) is 1. The lowest BCUT2D eigenvalue weighted by atomic mass is 9.88. The van der Waals surface area contributed by atoms with Crippen molar-refractivity contribution in [3.05, 3.63) is 29.8 Å². The Kier molecular flexibility index (Phi) is 6.32. The van der Waals surface area contributed by atoms with Crippen LogP contribution in [0.1, 0.15) is 32.8 Å². The van der Waals surface area contributed by atoms with Crippen LogP contribution in [0.25, 0.3) is 0 Å². The normalized spacial score (nSPS) is 15.8. The maximum absolute atomic E-state index is 5.74. The number of nitrogens with one attached hydrogen (secondary N) is 1. The minimum Gasteiger partial charge on any atom is -0.496 e. The summed E-state index contributed by atoms with van der Waals surface area (Å²) in [6.07, 6.45) is 1.87. The van der Waals surface area contributed by atoms with Crippen LogP contribution in [0.15, 0.2) is 24.3 Å². The van der Waals surface area contributed by atoms with Gasteiger partial charge in [-0.2, -0.15) is 0 Å². The van der Waals surface area contributed by atoms with E-state index in [1.165, 1.54) is 5.56 Å². The third-order valence-electron chi connectivity index (χ3n) is 3.97. The molecule has 0 bridgehead atoms. The molecule has 3 nitrogen and oxygen atoms in total. The van der Waals surface area contributed by atoms with Gasteiger partial charge in [0.25, 0.3) is 0 Å². The molecule has 2 atom stereocenters. The number of rotatable bonds is 8. The molecule has 108 valence electrons. The highest BCUT2D eigenvalue weighted by atomic mass is 16.5. The number of benzene rings is 1. The first-order valence-electron chi connectivity index (χ1n) is 7.01. The van der Waals surface area contributed by atoms with Crippen LogP contribution >= 0.6 is 0 Å². The molecule has 0 spiro atoms. The van der Waals surface area contributed by atoms with E-state index in [0.29, 0.717) is 0 Å². The van der Waals surface area contributed by atoms with Gasteiger partial charge in [-0.3, -0.25) is 0 Å². The maximum atomic E-state index is 5.74. The van der Waals surface area contributed by atoms with E-state index in [9.17, 15) is 0 Å². The van der Waals surface area contributed by atoms with Gasteiger partial charge in [-0.05, 0) is 37.9 Å². The fourth-order valence-corrected chi connectivity index (χ4v) is 2.37. The van der Waals surface area contributed by atoms with Gasteiger partial charge in [0, 0.05) is 13.2 Å². The molecule has 0 saturated heterocycles. The van der Waals surface area contributed by atoms with E-state index in [2.05, 4.69) is 38.2 Å². The molecule has 1 aromatic carbocycles. The van der Waals surface area contributed by atoms with Crippen molar-refractivity contribution in [2.24, 2.45) is 0 Å². The summed E-state index contributed by atoms with van der Waals surface area (Å²) in [4.78, 5) is 0. The summed E-state index contributed by atoms with van der Waals surface area (Å²) in [7, 11) is 3.51. The van der Waals surface area contributed by atoms with Crippen LogP contribution in [0.4, 0.5) is 0 Å². The van der Waals surface area contributed by atoms with Crippen LogP contribution in [-0.4, -0.2) is 32.4 Å². The van der Waals surface area contributed by atoms with E-state index in [1.807, 2.05) is 12.1 Å². The highest BCUT2D eigenvalue weighted by Crippen LogP contribution is 2.26. The summed E-state index contributed by atoms with van der Waals surface area (Å²) in [6, 6.07) is 8.45. The largest absolute Gasteiger partial charge is 0.496 e. The second-order valence-corrected chi connectivity index (χ2v) is 5.00. The molecule has 1 N–H and O–H groups in total. The Balaban J connectivity index is 2.95. The first kappa shape index (κ1) is 16.0. The Morgan fingerprint density at radius 2 is 1.89 bits per heavy atom. The molecule has 19 heavy (non-hydrogen) atoms. The first-order valence-corrected chi connectivity index (χ1v) is 7.01. The topological polar surface area (TPSA) is 30.5 Å². The predicted molar refractivity (Wildman–Crippen MR) is 79.9 cm³/mol. The molecule has 0 saturated carbocycles. The highest BCUT2D eigenvalue weighted by Gasteiger charge is 2.32. The van der Waals surface area contributed by atoms with Gasteiger partial charge in [0.1, 0.15) is 5.75 Å². The van der Waals surface area contributed by atoms with E-state index in [1.54, 1.807) is 14.2 Å². The minimum absolute atomic E-state index is 0.170. The van der Waals surface area contributed by atoms with E-state index >= 15 is 0 Å². The lowest BCUT2D eigenvalue weighted by Crippen LogP contribution is -2.51. The van der Waals surface area contributed by atoms with E-state index in [-0.39, 0.29) is 11.6 Å². The van der Waals surface area contributed by atoms with Gasteiger partial charge in [0.15, 0.2) is 0 Å². The third-order valence-corrected chi connectivity index (χ3v) is 3.97. The standard InChI is InChI=1S/C16H27NO2/c1-6-16(3,19-5)15(17-7-2)12-13-10-8-9-11-14(13)18-4/h8-11,15,17H,6-7,12H2,1-5H3. The van der Waals surface area contributed by atoms with Crippen LogP contribution in [0.5, 0.6) is 5.75 Å². The number of likely N-dealkylation sites (N-methyl/N-ethyl adjacent to an activating group) is 1. The molecule has 3 heteroatoms. The summed E-state index contributed by atoms with van der Waals surface area (Å²) in [5.41, 5.74) is 1.05. The summed E-state index contributed by atoms with van der Waals surface area (Å²) < 4.78 is 11.2. The smallest absolute Gasteiger partial charge is 0.122 e. The average Bonchev–Trinajstić information content (AvgIpc) is 2.46. The van der Waals surface area contributed by atoms with Crippen LogP contribution in [0.3, 0.4) is 0 Å². The Morgan fingerprint density at radius 3 is 2.42 bits per heavy atom. The van der Waals surface area contributed by atoms with Crippen LogP contribution < -0.4 is 10.1 Å². The zero-order chi connectivity index (χ0) is 14.3. The second-order valence-electron chi connectivity index (χ2n) is 5.00. The van der Waals surface area contributed by atoms with Gasteiger partial charge in [-0.15, -0.1) is 0 Å². The van der Waals surface area contributed by atoms with Crippen molar-refractivity contribution in [1.29, 1.82) is 0 Å². The van der Waals surface area contributed by atoms with Crippen molar-refractivity contribution < 1.29 is 9.47 Å². The van der Waals surface area contributed by atoms with Crippen molar-refractivity contribution in [3.63, 3.8) is 0 Å². The number of para-hydroxylation sites is 1. The molecule has 0 amide bonds. The van der Waals surface area contributed by atoms with Gasteiger partial charge >= 0.3 is 0 Å². The quantitative estimate of drug-likeness (QED) is 0.783. The monoisotopic (exact) mass is 265 g/mol. The SMILES string of the molecule is CCNC(Cc1ccccc1OC)C(C)(CC)OC. The van der Waals surface area contributed by atoms with Crippen LogP contribution in [0, 0.1) is 0 Å². The summed E-state index contributed by atoms with van der Waals surface area (Å²) in [6.45, 7) is 7.38. The van der Waals surface area contributed by atoms with Gasteiger partial charge in [-0.25, -0.2) is 0 Å². The lowest BCUT2D eigenvalue weighted by molar-refractivity contribution is -0.0284. The zero-order valence-corrected chi connectivity index (χ0v) is 12.8. The van der Waals surface area contributed by atoms with Crippen LogP contribution in [0.2, 0.25) is 0 Å². The Bertz CT molecular complexity index is 375. The van der Waals surface area contributed by atoms with Gasteiger partial charge in [0.05, 0.1) is 12.7 Å². The Labute approximate surface area is 117 Å². The third kappa shape index (κ3) is 3.95. The molecule has 0 aromatic heterocycles. The average molecular weight is 265 g/mol. The van der Waals surface area contributed by atoms with Gasteiger partial charge in [-0.1, -0.05) is 32.0 Å². The molecule has 0 aliphatic heterocycles. The Morgan fingerprint density at radius 1 is 1.21 bits per heavy atom. The number of ether oxygens (including phenoxy) is 2. The lowest BCUT2D eigenvalue weighted by Gasteiger charge is -2.36. The maximum Gasteiger partial charge on any atom is 0.122 e. The molecule has 0 aliphatic carbocycles. The van der Waals surface area contributed by atoms with Crippen molar-refractivity contribution in [3.8, 4) is 5.75 Å². The predicted octanol–water partition coefficient (Wildman–Crippen LogP) is 3.03. The molecule has 1 aromatic rings. The molecule has 0 radical (unpaired) electrons. The fraction of sp³-hybridized carbons (Fsp3) is 0.625. The van der Waals surface area contributed by atoms with Crippen molar-refractivity contribution in [2.45, 2.75) is 45.3 Å². The summed E-state index contributed by atoms with van der Waals surface area (Å²) in [5.74, 6) is 0.944. The summed E-state index contributed by atoms with van der Waals surface area (Å²) in [5, 5.41) is 3.54. The zero-order valence-electron chi connectivity index (χ0n) is 12.8. The molecule has 0 aliphatic rings. The van der Waals surface area contributed by atoms with Gasteiger partial charge in [0.2, 0.25) is 0 Å². The number of methoxy groups -OCH3 is 2. The molecule has 0 heterocycles. The minimum atomic E-state index is -0.170. The highest BCUT2D eigenvalue weighted by molar-refractivity contribution is 5.34. The van der Waals surface area contributed by atoms with Crippen LogP contribution in [-0.2, 0) is 11.2 Å². The van der Waals surface area contributed by atoms with Crippen molar-refractivity contribution in [2.75, 3.05) is 20.8 Å². The van der Waals surface area contributed by atoms with Crippen molar-refractivity contribution >= 4 is 0 Å².